The molecule has 0 aromatic rings. The molecule has 0 spiro atoms. The summed E-state index contributed by atoms with van der Waals surface area (Å²) < 4.78 is 17.0. The van der Waals surface area contributed by atoms with E-state index in [-0.39, 0.29) is 31.1 Å². The summed E-state index contributed by atoms with van der Waals surface area (Å²) in [5.74, 6) is -0.847. The van der Waals surface area contributed by atoms with Crippen molar-refractivity contribution in [3.05, 3.63) is 24.3 Å². The van der Waals surface area contributed by atoms with Crippen LogP contribution in [0.4, 0.5) is 0 Å². The first-order valence-electron chi connectivity index (χ1n) is 34.8. The Bertz CT molecular complexity index is 1240. The Morgan fingerprint density at radius 2 is 0.429 bits per heavy atom. The molecule has 0 aliphatic carbocycles. The van der Waals surface area contributed by atoms with Gasteiger partial charge in [-0.2, -0.15) is 0 Å². The number of carbonyl (C=O) groups excluding carboxylic acids is 3. The third-order valence-corrected chi connectivity index (χ3v) is 15.9. The van der Waals surface area contributed by atoms with Crippen LogP contribution in [-0.4, -0.2) is 37.2 Å². The van der Waals surface area contributed by atoms with Gasteiger partial charge in [-0.25, -0.2) is 0 Å². The predicted molar refractivity (Wildman–Crippen MR) is 335 cm³/mol. The number of unbranched alkanes of at least 4 members (excludes halogenated alkanes) is 50. The third-order valence-electron chi connectivity index (χ3n) is 15.9. The highest BCUT2D eigenvalue weighted by Crippen LogP contribution is 2.18. The van der Waals surface area contributed by atoms with Crippen LogP contribution < -0.4 is 0 Å². The molecule has 0 bridgehead atoms. The molecular formula is C71H134O6. The lowest BCUT2D eigenvalue weighted by molar-refractivity contribution is -0.167. The van der Waals surface area contributed by atoms with Crippen molar-refractivity contribution < 1.29 is 28.6 Å². The van der Waals surface area contributed by atoms with E-state index >= 15 is 0 Å². The number of hydrogen-bond acceptors (Lipinski definition) is 6. The summed E-state index contributed by atoms with van der Waals surface area (Å²) in [6, 6.07) is 0. The van der Waals surface area contributed by atoms with Gasteiger partial charge in [0, 0.05) is 19.3 Å². The molecule has 454 valence electrons. The van der Waals surface area contributed by atoms with E-state index in [1.54, 1.807) is 0 Å². The van der Waals surface area contributed by atoms with Gasteiger partial charge in [0.25, 0.3) is 0 Å². The molecule has 1 unspecified atom stereocenters. The van der Waals surface area contributed by atoms with Gasteiger partial charge in [0.05, 0.1) is 0 Å². The Balaban J connectivity index is 4.18. The highest BCUT2D eigenvalue weighted by atomic mass is 16.6. The Hall–Kier alpha value is -2.11. The van der Waals surface area contributed by atoms with Gasteiger partial charge in [0.2, 0.25) is 0 Å². The number of carbonyl (C=O) groups is 3. The minimum atomic E-state index is -0.771. The molecule has 77 heavy (non-hydrogen) atoms. The van der Waals surface area contributed by atoms with Crippen molar-refractivity contribution in [2.75, 3.05) is 13.2 Å². The molecule has 0 fully saturated rings. The Morgan fingerprint density at radius 3 is 0.675 bits per heavy atom. The summed E-state index contributed by atoms with van der Waals surface area (Å²) in [6.45, 7) is 6.69. The normalized spacial score (nSPS) is 12.1. The van der Waals surface area contributed by atoms with Crippen LogP contribution in [0.25, 0.3) is 0 Å². The predicted octanol–water partition coefficient (Wildman–Crippen LogP) is 23.8. The van der Waals surface area contributed by atoms with Gasteiger partial charge >= 0.3 is 17.9 Å². The summed E-state index contributed by atoms with van der Waals surface area (Å²) in [7, 11) is 0. The van der Waals surface area contributed by atoms with Crippen molar-refractivity contribution in [2.45, 2.75) is 399 Å². The highest BCUT2D eigenvalue weighted by molar-refractivity contribution is 5.71. The van der Waals surface area contributed by atoms with Gasteiger partial charge in [-0.1, -0.05) is 328 Å². The third kappa shape index (κ3) is 64.6. The van der Waals surface area contributed by atoms with Crippen LogP contribution in [0.5, 0.6) is 0 Å². The van der Waals surface area contributed by atoms with E-state index in [0.717, 1.165) is 64.2 Å². The number of allylic oxidation sites excluding steroid dienone is 4. The van der Waals surface area contributed by atoms with Gasteiger partial charge in [-0.3, -0.25) is 14.4 Å². The molecule has 0 saturated carbocycles. The summed E-state index contributed by atoms with van der Waals surface area (Å²) >= 11 is 0. The molecule has 0 heterocycles. The first-order chi connectivity index (χ1) is 38.0. The standard InChI is InChI=1S/C71H134O6/c1-4-7-10-13-16-19-22-25-27-29-31-33-34-35-36-37-38-39-41-42-44-46-49-52-55-58-61-64-70(73)76-67-68(66-75-69(72)63-60-57-54-51-48-24-21-18-15-12-9-6-3)77-71(74)65-62-59-56-53-50-47-45-43-40-32-30-28-26-23-20-17-14-11-8-5-2/h18,21,29,31,68H,4-17,19-20,22-28,30,32-67H2,1-3H3/b21-18-,31-29-. The van der Waals surface area contributed by atoms with Crippen molar-refractivity contribution in [2.24, 2.45) is 0 Å². The molecule has 0 aliphatic heterocycles. The smallest absolute Gasteiger partial charge is 0.306 e. The van der Waals surface area contributed by atoms with E-state index in [9.17, 15) is 14.4 Å². The van der Waals surface area contributed by atoms with Gasteiger partial charge < -0.3 is 14.2 Å². The second-order valence-corrected chi connectivity index (χ2v) is 23.8. The molecule has 0 radical (unpaired) electrons. The minimum absolute atomic E-state index is 0.0680. The Morgan fingerprint density at radius 1 is 0.247 bits per heavy atom. The molecule has 0 saturated heterocycles. The van der Waals surface area contributed by atoms with Crippen molar-refractivity contribution in [3.8, 4) is 0 Å². The lowest BCUT2D eigenvalue weighted by Crippen LogP contribution is -2.30. The van der Waals surface area contributed by atoms with E-state index in [4.69, 9.17) is 14.2 Å². The maximum absolute atomic E-state index is 12.9. The maximum Gasteiger partial charge on any atom is 0.306 e. The van der Waals surface area contributed by atoms with E-state index in [1.165, 1.54) is 289 Å². The zero-order valence-corrected chi connectivity index (χ0v) is 52.3. The maximum atomic E-state index is 12.9. The molecule has 0 amide bonds. The lowest BCUT2D eigenvalue weighted by Gasteiger charge is -2.18. The fourth-order valence-corrected chi connectivity index (χ4v) is 10.7. The average molecular weight is 1080 g/mol. The molecule has 1 atom stereocenters. The zero-order chi connectivity index (χ0) is 55.7. The molecule has 6 nitrogen and oxygen atoms in total. The number of hydrogen-bond donors (Lipinski definition) is 0. The lowest BCUT2D eigenvalue weighted by atomic mass is 10.0. The minimum Gasteiger partial charge on any atom is -0.462 e. The second-order valence-electron chi connectivity index (χ2n) is 23.8. The van der Waals surface area contributed by atoms with Gasteiger partial charge in [-0.05, 0) is 70.6 Å². The largest absolute Gasteiger partial charge is 0.462 e. The molecule has 0 rings (SSSR count). The van der Waals surface area contributed by atoms with Crippen LogP contribution in [0.3, 0.4) is 0 Å². The van der Waals surface area contributed by atoms with Crippen LogP contribution in [0.2, 0.25) is 0 Å². The monoisotopic (exact) mass is 1080 g/mol. The van der Waals surface area contributed by atoms with E-state index in [2.05, 4.69) is 45.1 Å². The number of ether oxygens (including phenoxy) is 3. The van der Waals surface area contributed by atoms with E-state index < -0.39 is 6.10 Å². The van der Waals surface area contributed by atoms with Crippen LogP contribution in [-0.2, 0) is 28.6 Å². The van der Waals surface area contributed by atoms with Crippen LogP contribution in [0.1, 0.15) is 393 Å². The van der Waals surface area contributed by atoms with Crippen LogP contribution in [0.15, 0.2) is 24.3 Å². The number of rotatable bonds is 65. The molecule has 0 aliphatic rings. The second kappa shape index (κ2) is 66.4. The highest BCUT2D eigenvalue weighted by Gasteiger charge is 2.19. The van der Waals surface area contributed by atoms with Crippen molar-refractivity contribution in [1.29, 1.82) is 0 Å². The fourth-order valence-electron chi connectivity index (χ4n) is 10.7. The Kier molecular flexibility index (Phi) is 64.6. The molecular weight excluding hydrogens is 949 g/mol. The summed E-state index contributed by atoms with van der Waals surface area (Å²) in [6.07, 6.45) is 80.7. The summed E-state index contributed by atoms with van der Waals surface area (Å²) in [5, 5.41) is 0. The average Bonchev–Trinajstić information content (AvgIpc) is 3.43. The zero-order valence-electron chi connectivity index (χ0n) is 52.3. The van der Waals surface area contributed by atoms with Crippen molar-refractivity contribution in [1.82, 2.24) is 0 Å². The van der Waals surface area contributed by atoms with Crippen molar-refractivity contribution >= 4 is 17.9 Å². The van der Waals surface area contributed by atoms with Gasteiger partial charge in [0.15, 0.2) is 6.10 Å². The topological polar surface area (TPSA) is 78.9 Å². The quantitative estimate of drug-likeness (QED) is 0.0261. The number of esters is 3. The SMILES string of the molecule is CCCCC/C=C\CCCCCCCC(=O)OCC(COC(=O)CCCCCCCCCCCCCCCCC/C=C\CCCCCCCCCC)OC(=O)CCCCCCCCCCCCCCCCCCCCCC. The first kappa shape index (κ1) is 74.9. The van der Waals surface area contributed by atoms with Crippen LogP contribution in [0, 0.1) is 0 Å². The van der Waals surface area contributed by atoms with Crippen LogP contribution >= 0.6 is 0 Å². The van der Waals surface area contributed by atoms with E-state index in [0.29, 0.717) is 19.3 Å². The first-order valence-corrected chi connectivity index (χ1v) is 34.8. The molecule has 0 N–H and O–H groups in total. The van der Waals surface area contributed by atoms with E-state index in [1.807, 2.05) is 0 Å². The Labute approximate surface area is 481 Å². The van der Waals surface area contributed by atoms with Crippen molar-refractivity contribution in [3.63, 3.8) is 0 Å². The fraction of sp³-hybridized carbons (Fsp3) is 0.901. The summed E-state index contributed by atoms with van der Waals surface area (Å²) in [5.41, 5.74) is 0. The summed E-state index contributed by atoms with van der Waals surface area (Å²) in [4.78, 5) is 38.3. The molecule has 6 heteroatoms. The van der Waals surface area contributed by atoms with Gasteiger partial charge in [0.1, 0.15) is 13.2 Å². The molecule has 0 aromatic heterocycles. The van der Waals surface area contributed by atoms with Gasteiger partial charge in [-0.15, -0.1) is 0 Å². The molecule has 0 aromatic carbocycles.